The Balaban J connectivity index is 2.00. The molecule has 1 fully saturated rings. The van der Waals surface area contributed by atoms with Crippen molar-refractivity contribution in [2.75, 3.05) is 11.9 Å². The molecule has 0 spiro atoms. The van der Waals surface area contributed by atoms with Gasteiger partial charge in [0.15, 0.2) is 0 Å². The molecular weight excluding hydrogens is 262 g/mol. The average molecular weight is 284 g/mol. The molecule has 0 amide bonds. The van der Waals surface area contributed by atoms with E-state index in [1.54, 1.807) is 6.20 Å². The third kappa shape index (κ3) is 3.96. The van der Waals surface area contributed by atoms with E-state index in [9.17, 15) is 0 Å². The second-order valence-electron chi connectivity index (χ2n) is 5.86. The third-order valence-electron chi connectivity index (χ3n) is 3.61. The normalized spacial score (nSPS) is 19.2. The number of hydrogen-bond acceptors (Lipinski definition) is 4. The molecule has 4 nitrogen and oxygen atoms in total. The van der Waals surface area contributed by atoms with Crippen LogP contribution in [0.1, 0.15) is 46.5 Å². The quantitative estimate of drug-likeness (QED) is 0.910. The molecule has 0 aliphatic heterocycles. The maximum absolute atomic E-state index is 6.09. The van der Waals surface area contributed by atoms with Crippen LogP contribution >= 0.6 is 11.6 Å². The fraction of sp³-hybridized carbons (Fsp3) is 0.714. The first kappa shape index (κ1) is 14.4. The lowest BCUT2D eigenvalue weighted by atomic mass is 9.76. The van der Waals surface area contributed by atoms with Crippen LogP contribution in [0.2, 0.25) is 5.02 Å². The molecule has 1 saturated carbocycles. The van der Waals surface area contributed by atoms with Gasteiger partial charge in [0.1, 0.15) is 11.1 Å². The number of halogens is 1. The summed E-state index contributed by atoms with van der Waals surface area (Å²) in [5.74, 6) is 1.07. The summed E-state index contributed by atoms with van der Waals surface area (Å²) in [5.41, 5.74) is 0.435. The summed E-state index contributed by atoms with van der Waals surface area (Å²) in [6, 6.07) is 0. The Morgan fingerprint density at radius 3 is 2.74 bits per heavy atom. The highest BCUT2D eigenvalue weighted by Crippen LogP contribution is 2.37. The molecule has 19 heavy (non-hydrogen) atoms. The molecule has 0 unspecified atom stereocenters. The number of aromatic nitrogens is 2. The van der Waals surface area contributed by atoms with Crippen molar-refractivity contribution in [3.63, 3.8) is 0 Å². The summed E-state index contributed by atoms with van der Waals surface area (Å²) < 4.78 is 5.94. The summed E-state index contributed by atoms with van der Waals surface area (Å²) >= 11 is 6.09. The second-order valence-corrected chi connectivity index (χ2v) is 6.27. The topological polar surface area (TPSA) is 47.0 Å². The molecule has 0 atom stereocenters. The van der Waals surface area contributed by atoms with E-state index < -0.39 is 0 Å². The van der Waals surface area contributed by atoms with Crippen molar-refractivity contribution in [2.24, 2.45) is 5.41 Å². The highest BCUT2D eigenvalue weighted by atomic mass is 35.5. The number of nitrogens with zero attached hydrogens (tertiary/aromatic N) is 2. The summed E-state index contributed by atoms with van der Waals surface area (Å²) in [6.45, 7) is 7.40. The zero-order valence-electron chi connectivity index (χ0n) is 11.9. The minimum absolute atomic E-state index is 0.218. The monoisotopic (exact) mass is 283 g/mol. The van der Waals surface area contributed by atoms with Crippen molar-refractivity contribution < 1.29 is 4.74 Å². The van der Waals surface area contributed by atoms with E-state index in [-0.39, 0.29) is 6.10 Å². The van der Waals surface area contributed by atoms with E-state index in [2.05, 4.69) is 29.1 Å². The van der Waals surface area contributed by atoms with E-state index in [0.29, 0.717) is 22.3 Å². The van der Waals surface area contributed by atoms with E-state index in [1.807, 2.05) is 6.92 Å². The van der Waals surface area contributed by atoms with Crippen LogP contribution in [0.4, 0.5) is 5.95 Å². The number of rotatable bonds is 4. The number of ether oxygens (including phenoxy) is 1. The van der Waals surface area contributed by atoms with E-state index >= 15 is 0 Å². The molecule has 2 rings (SSSR count). The minimum Gasteiger partial charge on any atom is -0.473 e. The van der Waals surface area contributed by atoms with Crippen molar-refractivity contribution in [3.05, 3.63) is 11.2 Å². The number of anilines is 1. The van der Waals surface area contributed by atoms with Crippen LogP contribution in [0.5, 0.6) is 5.88 Å². The van der Waals surface area contributed by atoms with Crippen molar-refractivity contribution >= 4 is 17.5 Å². The van der Waals surface area contributed by atoms with Crippen LogP contribution < -0.4 is 10.1 Å². The Hall–Kier alpha value is -1.03. The first-order valence-corrected chi connectivity index (χ1v) is 7.31. The molecule has 5 heteroatoms. The van der Waals surface area contributed by atoms with Gasteiger partial charge in [-0.25, -0.2) is 4.98 Å². The van der Waals surface area contributed by atoms with Gasteiger partial charge in [-0.1, -0.05) is 25.4 Å². The fourth-order valence-electron chi connectivity index (χ4n) is 2.33. The van der Waals surface area contributed by atoms with E-state index in [1.165, 1.54) is 12.8 Å². The van der Waals surface area contributed by atoms with Crippen molar-refractivity contribution in [1.82, 2.24) is 9.97 Å². The van der Waals surface area contributed by atoms with Gasteiger partial charge < -0.3 is 10.1 Å². The van der Waals surface area contributed by atoms with Crippen LogP contribution in [0.3, 0.4) is 0 Å². The summed E-state index contributed by atoms with van der Waals surface area (Å²) in [4.78, 5) is 8.43. The first-order chi connectivity index (χ1) is 9.00. The van der Waals surface area contributed by atoms with Crippen molar-refractivity contribution in [2.45, 2.75) is 52.6 Å². The average Bonchev–Trinajstić information content (AvgIpc) is 2.36. The van der Waals surface area contributed by atoms with Gasteiger partial charge in [-0.2, -0.15) is 4.98 Å². The van der Waals surface area contributed by atoms with Crippen molar-refractivity contribution in [3.8, 4) is 5.88 Å². The van der Waals surface area contributed by atoms with Gasteiger partial charge in [-0.05, 0) is 38.0 Å². The summed E-state index contributed by atoms with van der Waals surface area (Å²) in [7, 11) is 0. The molecular formula is C14H22ClN3O. The standard InChI is InChI=1S/C14H22ClN3O/c1-4-16-13-17-9-11(15)12(18-13)19-10-5-7-14(2,3)8-6-10/h9-10H,4-8H2,1-3H3,(H,16,17,18). The SMILES string of the molecule is CCNc1ncc(Cl)c(OC2CCC(C)(C)CC2)n1. The molecule has 1 aliphatic carbocycles. The van der Waals surface area contributed by atoms with Crippen LogP contribution in [-0.4, -0.2) is 22.6 Å². The highest BCUT2D eigenvalue weighted by Gasteiger charge is 2.28. The lowest BCUT2D eigenvalue weighted by molar-refractivity contribution is 0.0950. The predicted octanol–water partition coefficient (Wildman–Crippen LogP) is 3.91. The summed E-state index contributed by atoms with van der Waals surface area (Å²) in [6.07, 6.45) is 6.29. The molecule has 106 valence electrons. The number of nitrogens with one attached hydrogen (secondary N) is 1. The molecule has 0 saturated heterocycles. The molecule has 1 aromatic rings. The van der Waals surface area contributed by atoms with Gasteiger partial charge in [0.25, 0.3) is 0 Å². The predicted molar refractivity (Wildman–Crippen MR) is 77.9 cm³/mol. The van der Waals surface area contributed by atoms with Crippen LogP contribution in [0.25, 0.3) is 0 Å². The third-order valence-corrected chi connectivity index (χ3v) is 3.87. The zero-order valence-corrected chi connectivity index (χ0v) is 12.6. The number of hydrogen-bond donors (Lipinski definition) is 1. The van der Waals surface area contributed by atoms with E-state index in [4.69, 9.17) is 16.3 Å². The second kappa shape index (κ2) is 5.95. The summed E-state index contributed by atoms with van der Waals surface area (Å²) in [5, 5.41) is 3.54. The molecule has 1 aromatic heterocycles. The van der Waals surface area contributed by atoms with Gasteiger partial charge in [-0.15, -0.1) is 0 Å². The fourth-order valence-corrected chi connectivity index (χ4v) is 2.46. The molecule has 1 N–H and O–H groups in total. The van der Waals surface area contributed by atoms with Crippen LogP contribution in [0, 0.1) is 5.41 Å². The van der Waals surface area contributed by atoms with Gasteiger partial charge in [0, 0.05) is 6.54 Å². The molecule has 1 aliphatic rings. The highest BCUT2D eigenvalue weighted by molar-refractivity contribution is 6.31. The first-order valence-electron chi connectivity index (χ1n) is 6.93. The Morgan fingerprint density at radius 1 is 1.42 bits per heavy atom. The maximum atomic E-state index is 6.09. The van der Waals surface area contributed by atoms with Gasteiger partial charge in [0.2, 0.25) is 11.8 Å². The smallest absolute Gasteiger partial charge is 0.237 e. The molecule has 0 radical (unpaired) electrons. The van der Waals surface area contributed by atoms with Crippen molar-refractivity contribution in [1.29, 1.82) is 0 Å². The van der Waals surface area contributed by atoms with Crippen LogP contribution in [0.15, 0.2) is 6.20 Å². The maximum Gasteiger partial charge on any atom is 0.237 e. The Bertz CT molecular complexity index is 427. The van der Waals surface area contributed by atoms with E-state index in [0.717, 1.165) is 19.4 Å². The zero-order chi connectivity index (χ0) is 13.9. The largest absolute Gasteiger partial charge is 0.473 e. The Kier molecular flexibility index (Phi) is 4.50. The molecule has 0 bridgehead atoms. The Labute approximate surface area is 119 Å². The molecule has 1 heterocycles. The lowest BCUT2D eigenvalue weighted by Gasteiger charge is -2.34. The Morgan fingerprint density at radius 2 is 2.11 bits per heavy atom. The minimum atomic E-state index is 0.218. The molecule has 0 aromatic carbocycles. The van der Waals surface area contributed by atoms with Crippen LogP contribution in [-0.2, 0) is 0 Å². The van der Waals surface area contributed by atoms with Gasteiger partial charge >= 0.3 is 0 Å². The lowest BCUT2D eigenvalue weighted by Crippen LogP contribution is -2.28. The van der Waals surface area contributed by atoms with Gasteiger partial charge in [-0.3, -0.25) is 0 Å². The van der Waals surface area contributed by atoms with Gasteiger partial charge in [0.05, 0.1) is 6.20 Å².